The summed E-state index contributed by atoms with van der Waals surface area (Å²) in [6, 6.07) is 4.32. The Morgan fingerprint density at radius 1 is 1.53 bits per heavy atom. The standard InChI is InChI=1S/C10H12N2O3/c1-7(13)12-9(10(14)15)6-8-4-2-3-5-11-8/h2-5,9H,6H2,1H3,(H,12,13)(H,14,15)/t9-/m1/s1. The number of rotatable bonds is 4. The highest BCUT2D eigenvalue weighted by Gasteiger charge is 2.18. The summed E-state index contributed by atoms with van der Waals surface area (Å²) in [5.74, 6) is -1.42. The van der Waals surface area contributed by atoms with Crippen LogP contribution in [0, 0.1) is 0 Å². The molecule has 2 N–H and O–H groups in total. The van der Waals surface area contributed by atoms with E-state index < -0.39 is 12.0 Å². The fourth-order valence-corrected chi connectivity index (χ4v) is 1.17. The molecule has 0 radical (unpaired) electrons. The fourth-order valence-electron chi connectivity index (χ4n) is 1.17. The number of hydrogen-bond acceptors (Lipinski definition) is 3. The summed E-state index contributed by atoms with van der Waals surface area (Å²) in [7, 11) is 0. The molecule has 0 bridgehead atoms. The van der Waals surface area contributed by atoms with Crippen molar-refractivity contribution in [2.45, 2.75) is 19.4 Å². The zero-order valence-electron chi connectivity index (χ0n) is 8.30. The molecule has 0 saturated heterocycles. The second-order valence-corrected chi connectivity index (χ2v) is 3.12. The molecular formula is C10H12N2O3. The molecule has 1 heterocycles. The van der Waals surface area contributed by atoms with E-state index in [9.17, 15) is 9.59 Å². The second-order valence-electron chi connectivity index (χ2n) is 3.12. The van der Waals surface area contributed by atoms with E-state index in [0.717, 1.165) is 0 Å². The lowest BCUT2D eigenvalue weighted by molar-refractivity contribution is -0.141. The number of carboxylic acids is 1. The van der Waals surface area contributed by atoms with E-state index in [2.05, 4.69) is 10.3 Å². The number of nitrogens with zero attached hydrogens (tertiary/aromatic N) is 1. The highest BCUT2D eigenvalue weighted by molar-refractivity contribution is 5.82. The summed E-state index contributed by atoms with van der Waals surface area (Å²) in [6.07, 6.45) is 1.78. The molecule has 0 aliphatic carbocycles. The SMILES string of the molecule is CC(=O)N[C@H](Cc1ccccn1)C(=O)O. The van der Waals surface area contributed by atoms with Crippen molar-refractivity contribution in [3.63, 3.8) is 0 Å². The first-order chi connectivity index (χ1) is 7.09. The lowest BCUT2D eigenvalue weighted by Crippen LogP contribution is -2.41. The van der Waals surface area contributed by atoms with Gasteiger partial charge in [-0.25, -0.2) is 4.79 Å². The molecule has 0 aromatic carbocycles. The van der Waals surface area contributed by atoms with Crippen LogP contribution in [-0.4, -0.2) is 28.0 Å². The number of aliphatic carboxylic acids is 1. The smallest absolute Gasteiger partial charge is 0.326 e. The molecule has 15 heavy (non-hydrogen) atoms. The second kappa shape index (κ2) is 5.09. The lowest BCUT2D eigenvalue weighted by atomic mass is 10.1. The van der Waals surface area contributed by atoms with Gasteiger partial charge in [-0.2, -0.15) is 0 Å². The predicted molar refractivity (Wildman–Crippen MR) is 53.2 cm³/mol. The summed E-state index contributed by atoms with van der Waals surface area (Å²) >= 11 is 0. The number of pyridine rings is 1. The minimum atomic E-state index is -1.06. The van der Waals surface area contributed by atoms with Gasteiger partial charge in [-0.1, -0.05) is 6.07 Å². The Kier molecular flexibility index (Phi) is 3.79. The van der Waals surface area contributed by atoms with Gasteiger partial charge in [0, 0.05) is 25.2 Å². The molecule has 0 saturated carbocycles. The Morgan fingerprint density at radius 3 is 2.73 bits per heavy atom. The molecule has 5 heteroatoms. The maximum atomic E-state index is 10.8. The quantitative estimate of drug-likeness (QED) is 0.741. The summed E-state index contributed by atoms with van der Waals surface area (Å²) in [4.78, 5) is 25.5. The van der Waals surface area contributed by atoms with Crippen molar-refractivity contribution in [1.29, 1.82) is 0 Å². The third kappa shape index (κ3) is 3.76. The summed E-state index contributed by atoms with van der Waals surface area (Å²) < 4.78 is 0. The Hall–Kier alpha value is -1.91. The Bertz CT molecular complexity index is 351. The fraction of sp³-hybridized carbons (Fsp3) is 0.300. The van der Waals surface area contributed by atoms with Crippen LogP contribution in [0.1, 0.15) is 12.6 Å². The highest BCUT2D eigenvalue weighted by Crippen LogP contribution is 1.99. The van der Waals surface area contributed by atoms with E-state index in [1.54, 1.807) is 24.4 Å². The van der Waals surface area contributed by atoms with Crippen LogP contribution < -0.4 is 5.32 Å². The zero-order chi connectivity index (χ0) is 11.3. The van der Waals surface area contributed by atoms with Gasteiger partial charge in [0.1, 0.15) is 6.04 Å². The van der Waals surface area contributed by atoms with Crippen LogP contribution in [0.3, 0.4) is 0 Å². The monoisotopic (exact) mass is 208 g/mol. The largest absolute Gasteiger partial charge is 0.480 e. The van der Waals surface area contributed by atoms with Gasteiger partial charge in [0.25, 0.3) is 0 Å². The van der Waals surface area contributed by atoms with Crippen molar-refractivity contribution < 1.29 is 14.7 Å². The first-order valence-electron chi connectivity index (χ1n) is 4.49. The zero-order valence-corrected chi connectivity index (χ0v) is 8.30. The number of nitrogens with one attached hydrogen (secondary N) is 1. The third-order valence-corrected chi connectivity index (χ3v) is 1.81. The van der Waals surface area contributed by atoms with Crippen molar-refractivity contribution in [1.82, 2.24) is 10.3 Å². The van der Waals surface area contributed by atoms with Crippen molar-refractivity contribution in [3.8, 4) is 0 Å². The Morgan fingerprint density at radius 2 is 2.27 bits per heavy atom. The predicted octanol–water partition coefficient (Wildman–Crippen LogP) is 0.213. The molecule has 0 aliphatic rings. The Labute approximate surface area is 87.1 Å². The molecule has 0 fully saturated rings. The molecule has 0 aliphatic heterocycles. The number of aromatic nitrogens is 1. The van der Waals surface area contributed by atoms with Crippen LogP contribution in [-0.2, 0) is 16.0 Å². The average Bonchev–Trinajstić information content (AvgIpc) is 2.17. The van der Waals surface area contributed by atoms with Gasteiger partial charge in [-0.3, -0.25) is 9.78 Å². The van der Waals surface area contributed by atoms with E-state index in [0.29, 0.717) is 5.69 Å². The first-order valence-corrected chi connectivity index (χ1v) is 4.49. The van der Waals surface area contributed by atoms with E-state index in [1.807, 2.05) is 0 Å². The molecule has 80 valence electrons. The van der Waals surface area contributed by atoms with Crippen LogP contribution in [0.4, 0.5) is 0 Å². The van der Waals surface area contributed by atoms with Gasteiger partial charge < -0.3 is 10.4 Å². The molecule has 5 nitrogen and oxygen atoms in total. The summed E-state index contributed by atoms with van der Waals surface area (Å²) in [5, 5.41) is 11.2. The minimum absolute atomic E-state index is 0.190. The number of hydrogen-bond donors (Lipinski definition) is 2. The topological polar surface area (TPSA) is 79.3 Å². The summed E-state index contributed by atoms with van der Waals surface area (Å²) in [5.41, 5.74) is 0.638. The van der Waals surface area contributed by atoms with Gasteiger partial charge in [-0.05, 0) is 12.1 Å². The first kappa shape index (κ1) is 11.2. The van der Waals surface area contributed by atoms with Crippen LogP contribution in [0.15, 0.2) is 24.4 Å². The minimum Gasteiger partial charge on any atom is -0.480 e. The molecule has 0 spiro atoms. The molecule has 1 rings (SSSR count). The lowest BCUT2D eigenvalue weighted by Gasteiger charge is -2.12. The Balaban J connectivity index is 2.67. The van der Waals surface area contributed by atoms with Gasteiger partial charge >= 0.3 is 5.97 Å². The molecule has 1 aromatic rings. The van der Waals surface area contributed by atoms with Crippen LogP contribution in [0.25, 0.3) is 0 Å². The van der Waals surface area contributed by atoms with Gasteiger partial charge in [0.05, 0.1) is 0 Å². The molecule has 1 aromatic heterocycles. The average molecular weight is 208 g/mol. The van der Waals surface area contributed by atoms with Gasteiger partial charge in [0.2, 0.25) is 5.91 Å². The van der Waals surface area contributed by atoms with Gasteiger partial charge in [0.15, 0.2) is 0 Å². The molecule has 0 unspecified atom stereocenters. The third-order valence-electron chi connectivity index (χ3n) is 1.81. The van der Waals surface area contributed by atoms with Crippen molar-refractivity contribution in [3.05, 3.63) is 30.1 Å². The summed E-state index contributed by atoms with van der Waals surface area (Å²) in [6.45, 7) is 1.29. The normalized spacial score (nSPS) is 11.8. The van der Waals surface area contributed by atoms with Crippen molar-refractivity contribution in [2.75, 3.05) is 0 Å². The van der Waals surface area contributed by atoms with Crippen LogP contribution in [0.2, 0.25) is 0 Å². The number of carbonyl (C=O) groups excluding carboxylic acids is 1. The van der Waals surface area contributed by atoms with Gasteiger partial charge in [-0.15, -0.1) is 0 Å². The van der Waals surface area contributed by atoms with E-state index >= 15 is 0 Å². The molecule has 1 amide bonds. The van der Waals surface area contributed by atoms with E-state index in [-0.39, 0.29) is 12.3 Å². The van der Waals surface area contributed by atoms with Crippen LogP contribution in [0.5, 0.6) is 0 Å². The molecular weight excluding hydrogens is 196 g/mol. The maximum absolute atomic E-state index is 10.8. The van der Waals surface area contributed by atoms with Crippen LogP contribution >= 0.6 is 0 Å². The molecule has 1 atom stereocenters. The maximum Gasteiger partial charge on any atom is 0.326 e. The van der Waals surface area contributed by atoms with E-state index in [1.165, 1.54) is 6.92 Å². The highest BCUT2D eigenvalue weighted by atomic mass is 16.4. The van der Waals surface area contributed by atoms with Crippen molar-refractivity contribution >= 4 is 11.9 Å². The number of amides is 1. The number of carbonyl (C=O) groups is 2. The van der Waals surface area contributed by atoms with E-state index in [4.69, 9.17) is 5.11 Å². The number of carboxylic acid groups (broad SMARTS) is 1. The van der Waals surface area contributed by atoms with Crippen molar-refractivity contribution in [2.24, 2.45) is 0 Å².